The van der Waals surface area contributed by atoms with E-state index in [0.717, 1.165) is 18.4 Å². The standard InChI is InChI=1S/C17H21N3O2S/c1-17(2,3)15-19-20-16(22-15)23-13(11-7-5-4-6-8-11)14(21)18-12-9-10-12/h4-8,12-13H,9-10H2,1-3H3,(H,18,21)/t13-/m0/s1. The first-order valence-electron chi connectivity index (χ1n) is 7.79. The summed E-state index contributed by atoms with van der Waals surface area (Å²) in [7, 11) is 0. The van der Waals surface area contributed by atoms with Crippen LogP contribution in [0, 0.1) is 0 Å². The molecule has 1 N–H and O–H groups in total. The zero-order chi connectivity index (χ0) is 16.4. The molecular formula is C17H21N3O2S. The second kappa shape index (κ2) is 6.35. The van der Waals surface area contributed by atoms with Crippen LogP contribution in [-0.4, -0.2) is 22.1 Å². The molecule has 5 nitrogen and oxygen atoms in total. The highest BCUT2D eigenvalue weighted by atomic mass is 32.2. The summed E-state index contributed by atoms with van der Waals surface area (Å²) in [5, 5.41) is 11.3. The van der Waals surface area contributed by atoms with Crippen LogP contribution in [0.15, 0.2) is 40.0 Å². The number of rotatable bonds is 5. The summed E-state index contributed by atoms with van der Waals surface area (Å²) < 4.78 is 5.73. The summed E-state index contributed by atoms with van der Waals surface area (Å²) in [6.07, 6.45) is 2.12. The predicted octanol–water partition coefficient (Wildman–Crippen LogP) is 3.48. The van der Waals surface area contributed by atoms with Crippen LogP contribution in [-0.2, 0) is 10.2 Å². The van der Waals surface area contributed by atoms with E-state index in [1.807, 2.05) is 51.1 Å². The van der Waals surface area contributed by atoms with Crippen LogP contribution < -0.4 is 5.32 Å². The molecule has 1 atom stereocenters. The molecule has 23 heavy (non-hydrogen) atoms. The predicted molar refractivity (Wildman–Crippen MR) is 89.2 cm³/mol. The van der Waals surface area contributed by atoms with Crippen molar-refractivity contribution in [2.45, 2.75) is 55.5 Å². The topological polar surface area (TPSA) is 68.0 Å². The van der Waals surface area contributed by atoms with Gasteiger partial charge in [-0.3, -0.25) is 4.79 Å². The Morgan fingerprint density at radius 3 is 2.52 bits per heavy atom. The summed E-state index contributed by atoms with van der Waals surface area (Å²) in [6, 6.07) is 10.0. The molecule has 0 bridgehead atoms. The Morgan fingerprint density at radius 2 is 1.96 bits per heavy atom. The van der Waals surface area contributed by atoms with E-state index in [4.69, 9.17) is 4.42 Å². The van der Waals surface area contributed by atoms with Crippen molar-refractivity contribution in [3.05, 3.63) is 41.8 Å². The van der Waals surface area contributed by atoms with E-state index in [0.29, 0.717) is 17.2 Å². The average Bonchev–Trinajstić information content (AvgIpc) is 3.18. The smallest absolute Gasteiger partial charge is 0.277 e. The number of amides is 1. The van der Waals surface area contributed by atoms with Gasteiger partial charge in [0.25, 0.3) is 5.22 Å². The van der Waals surface area contributed by atoms with Gasteiger partial charge in [-0.25, -0.2) is 0 Å². The van der Waals surface area contributed by atoms with Crippen molar-refractivity contribution >= 4 is 17.7 Å². The number of carbonyl (C=O) groups excluding carboxylic acids is 1. The lowest BCUT2D eigenvalue weighted by molar-refractivity contribution is -0.120. The fraction of sp³-hybridized carbons (Fsp3) is 0.471. The van der Waals surface area contributed by atoms with Crippen molar-refractivity contribution in [3.8, 4) is 0 Å². The van der Waals surface area contributed by atoms with Crippen molar-refractivity contribution in [2.24, 2.45) is 0 Å². The number of hydrogen-bond donors (Lipinski definition) is 1. The molecule has 2 aromatic rings. The van der Waals surface area contributed by atoms with Crippen molar-refractivity contribution in [2.75, 3.05) is 0 Å². The maximum Gasteiger partial charge on any atom is 0.277 e. The van der Waals surface area contributed by atoms with Gasteiger partial charge in [-0.05, 0) is 30.2 Å². The van der Waals surface area contributed by atoms with E-state index in [9.17, 15) is 4.79 Å². The number of benzene rings is 1. The fourth-order valence-electron chi connectivity index (χ4n) is 2.07. The van der Waals surface area contributed by atoms with Gasteiger partial charge >= 0.3 is 0 Å². The average molecular weight is 331 g/mol. The largest absolute Gasteiger partial charge is 0.415 e. The van der Waals surface area contributed by atoms with Crippen LogP contribution in [0.3, 0.4) is 0 Å². The van der Waals surface area contributed by atoms with Gasteiger partial charge in [0.1, 0.15) is 5.25 Å². The van der Waals surface area contributed by atoms with Crippen molar-refractivity contribution in [3.63, 3.8) is 0 Å². The Kier molecular flexibility index (Phi) is 4.43. The number of hydrogen-bond acceptors (Lipinski definition) is 5. The molecule has 1 aromatic heterocycles. The van der Waals surface area contributed by atoms with E-state index in [1.165, 1.54) is 11.8 Å². The second-order valence-corrected chi connectivity index (χ2v) is 7.87. The molecule has 122 valence electrons. The number of carbonyl (C=O) groups is 1. The maximum atomic E-state index is 12.6. The third-order valence-corrected chi connectivity index (χ3v) is 4.62. The Morgan fingerprint density at radius 1 is 1.26 bits per heavy atom. The molecule has 0 saturated heterocycles. The molecule has 1 fully saturated rings. The minimum absolute atomic E-state index is 0.000733. The number of nitrogens with one attached hydrogen (secondary N) is 1. The Labute approximate surface area is 140 Å². The zero-order valence-electron chi connectivity index (χ0n) is 13.6. The maximum absolute atomic E-state index is 12.6. The van der Waals surface area contributed by atoms with E-state index >= 15 is 0 Å². The van der Waals surface area contributed by atoms with Crippen LogP contribution >= 0.6 is 11.8 Å². The molecule has 0 spiro atoms. The third kappa shape index (κ3) is 4.13. The van der Waals surface area contributed by atoms with Crippen LogP contribution in [0.5, 0.6) is 0 Å². The van der Waals surface area contributed by atoms with Crippen molar-refractivity contribution in [1.29, 1.82) is 0 Å². The molecule has 0 unspecified atom stereocenters. The van der Waals surface area contributed by atoms with Gasteiger partial charge < -0.3 is 9.73 Å². The first kappa shape index (κ1) is 16.1. The minimum Gasteiger partial charge on any atom is -0.415 e. The lowest BCUT2D eigenvalue weighted by Gasteiger charge is -2.15. The SMILES string of the molecule is CC(C)(C)c1nnc(S[C@H](C(=O)NC2CC2)c2ccccc2)o1. The summed E-state index contributed by atoms with van der Waals surface area (Å²) >= 11 is 1.30. The molecule has 1 saturated carbocycles. The van der Waals surface area contributed by atoms with Crippen molar-refractivity contribution < 1.29 is 9.21 Å². The number of thioether (sulfide) groups is 1. The summed E-state index contributed by atoms with van der Waals surface area (Å²) in [4.78, 5) is 12.6. The summed E-state index contributed by atoms with van der Waals surface area (Å²) in [6.45, 7) is 6.05. The van der Waals surface area contributed by atoms with Gasteiger partial charge in [-0.15, -0.1) is 10.2 Å². The van der Waals surface area contributed by atoms with E-state index < -0.39 is 0 Å². The molecule has 6 heteroatoms. The van der Waals surface area contributed by atoms with Crippen molar-refractivity contribution in [1.82, 2.24) is 15.5 Å². The molecule has 1 aromatic carbocycles. The molecule has 1 aliphatic carbocycles. The van der Waals surface area contributed by atoms with E-state index in [-0.39, 0.29) is 16.6 Å². The van der Waals surface area contributed by atoms with Crippen LogP contribution in [0.2, 0.25) is 0 Å². The van der Waals surface area contributed by atoms with Crippen LogP contribution in [0.25, 0.3) is 0 Å². The first-order valence-corrected chi connectivity index (χ1v) is 8.67. The molecular weight excluding hydrogens is 310 g/mol. The first-order chi connectivity index (χ1) is 10.9. The van der Waals surface area contributed by atoms with Gasteiger partial charge in [-0.1, -0.05) is 51.1 Å². The quantitative estimate of drug-likeness (QED) is 0.850. The highest BCUT2D eigenvalue weighted by Crippen LogP contribution is 2.36. The molecule has 1 heterocycles. The van der Waals surface area contributed by atoms with Crippen LogP contribution in [0.4, 0.5) is 0 Å². The zero-order valence-corrected chi connectivity index (χ0v) is 14.4. The van der Waals surface area contributed by atoms with Gasteiger partial charge in [0.05, 0.1) is 0 Å². The monoisotopic (exact) mass is 331 g/mol. The van der Waals surface area contributed by atoms with E-state index in [2.05, 4.69) is 15.5 Å². The Hall–Kier alpha value is -1.82. The van der Waals surface area contributed by atoms with E-state index in [1.54, 1.807) is 0 Å². The van der Waals surface area contributed by atoms with Gasteiger partial charge in [0, 0.05) is 11.5 Å². The summed E-state index contributed by atoms with van der Waals surface area (Å²) in [5.74, 6) is 0.577. The minimum atomic E-state index is -0.384. The van der Waals surface area contributed by atoms with Crippen LogP contribution in [0.1, 0.15) is 50.3 Å². The number of nitrogens with zero attached hydrogens (tertiary/aromatic N) is 2. The highest BCUT2D eigenvalue weighted by molar-refractivity contribution is 8.00. The molecule has 0 radical (unpaired) electrons. The van der Waals surface area contributed by atoms with Gasteiger partial charge in [0.15, 0.2) is 0 Å². The lowest BCUT2D eigenvalue weighted by Crippen LogP contribution is -2.29. The molecule has 0 aliphatic heterocycles. The third-order valence-electron chi connectivity index (χ3n) is 3.53. The fourth-order valence-corrected chi connectivity index (χ4v) is 2.95. The van der Waals surface area contributed by atoms with Gasteiger partial charge in [0.2, 0.25) is 11.8 Å². The van der Waals surface area contributed by atoms with Gasteiger partial charge in [-0.2, -0.15) is 0 Å². The lowest BCUT2D eigenvalue weighted by atomic mass is 9.97. The normalized spacial score (nSPS) is 16.1. The number of aromatic nitrogens is 2. The molecule has 3 rings (SSSR count). The Balaban J connectivity index is 1.80. The summed E-state index contributed by atoms with van der Waals surface area (Å²) in [5.41, 5.74) is 0.732. The second-order valence-electron chi connectivity index (χ2n) is 6.81. The Bertz CT molecular complexity index is 675. The molecule has 1 amide bonds. The highest BCUT2D eigenvalue weighted by Gasteiger charge is 2.31. The molecule has 1 aliphatic rings.